The maximum absolute atomic E-state index is 13.6. The van der Waals surface area contributed by atoms with Gasteiger partial charge in [-0.2, -0.15) is 10.1 Å². The van der Waals surface area contributed by atoms with Crippen molar-refractivity contribution < 1.29 is 13.9 Å². The Bertz CT molecular complexity index is 470. The van der Waals surface area contributed by atoms with Gasteiger partial charge >= 0.3 is 0 Å². The summed E-state index contributed by atoms with van der Waals surface area (Å²) in [5.74, 6) is -0.891. The number of hydrogen-bond acceptors (Lipinski definition) is 3. The summed E-state index contributed by atoms with van der Waals surface area (Å²) in [4.78, 5) is 11.7. The predicted molar refractivity (Wildman–Crippen MR) is 62.8 cm³/mol. The number of ether oxygens (including phenoxy) is 1. The van der Waals surface area contributed by atoms with Crippen LogP contribution in [0.15, 0.2) is 23.3 Å². The number of halogens is 2. The van der Waals surface area contributed by atoms with Crippen LogP contribution in [-0.4, -0.2) is 25.3 Å². The third-order valence-electron chi connectivity index (χ3n) is 2.29. The van der Waals surface area contributed by atoms with Crippen LogP contribution in [0, 0.1) is 5.82 Å². The number of anilines is 1. The van der Waals surface area contributed by atoms with Crippen molar-refractivity contribution in [3.8, 4) is 0 Å². The average Bonchev–Trinajstić information content (AvgIpc) is 2.60. The zero-order valence-electron chi connectivity index (χ0n) is 9.11. The molecule has 0 saturated carbocycles. The van der Waals surface area contributed by atoms with Crippen LogP contribution in [0.2, 0.25) is 5.02 Å². The Labute approximate surface area is 103 Å². The maximum atomic E-state index is 13.6. The molecule has 0 aromatic heterocycles. The van der Waals surface area contributed by atoms with Gasteiger partial charge in [-0.15, -0.1) is 0 Å². The van der Waals surface area contributed by atoms with E-state index in [0.717, 1.165) is 5.01 Å². The minimum atomic E-state index is -0.576. The maximum Gasteiger partial charge on any atom is 0.253 e. The molecule has 1 aliphatic rings. The zero-order chi connectivity index (χ0) is 12.4. The summed E-state index contributed by atoms with van der Waals surface area (Å²) in [5, 5.41) is 5.15. The fourth-order valence-corrected chi connectivity index (χ4v) is 1.84. The Hall–Kier alpha value is -1.46. The van der Waals surface area contributed by atoms with Gasteiger partial charge < -0.3 is 4.74 Å². The molecule has 0 saturated heterocycles. The van der Waals surface area contributed by atoms with Gasteiger partial charge in [-0.1, -0.05) is 17.7 Å². The van der Waals surface area contributed by atoms with Crippen LogP contribution < -0.4 is 5.01 Å². The van der Waals surface area contributed by atoms with E-state index >= 15 is 0 Å². The lowest BCUT2D eigenvalue weighted by Gasteiger charge is -2.13. The second kappa shape index (κ2) is 4.81. The number of methoxy groups -OCH3 is 1. The molecule has 1 heterocycles. The minimum absolute atomic E-state index is 0.00901. The van der Waals surface area contributed by atoms with Crippen molar-refractivity contribution in [2.75, 3.05) is 18.7 Å². The van der Waals surface area contributed by atoms with Crippen molar-refractivity contribution in [3.63, 3.8) is 0 Å². The Morgan fingerprint density at radius 2 is 2.35 bits per heavy atom. The molecule has 17 heavy (non-hydrogen) atoms. The predicted octanol–water partition coefficient (Wildman–Crippen LogP) is 2.22. The fraction of sp³-hybridized carbons (Fsp3) is 0.273. The first-order valence-corrected chi connectivity index (χ1v) is 5.33. The average molecular weight is 257 g/mol. The largest absolute Gasteiger partial charge is 0.379 e. The molecule has 0 fully saturated rings. The highest BCUT2D eigenvalue weighted by Crippen LogP contribution is 2.31. The van der Waals surface area contributed by atoms with Gasteiger partial charge in [0.05, 0.1) is 23.8 Å². The van der Waals surface area contributed by atoms with E-state index in [4.69, 9.17) is 16.3 Å². The number of hydrogen-bond donors (Lipinski definition) is 0. The third kappa shape index (κ3) is 2.30. The quantitative estimate of drug-likeness (QED) is 0.832. The van der Waals surface area contributed by atoms with Gasteiger partial charge in [0.1, 0.15) is 5.69 Å². The standard InChI is InChI=1S/C11H10ClFN2O2/c1-17-6-7-5-10(16)15(14-7)11-8(12)3-2-4-9(11)13/h2-4H,5-6H2,1H3. The summed E-state index contributed by atoms with van der Waals surface area (Å²) in [6, 6.07) is 4.22. The lowest BCUT2D eigenvalue weighted by atomic mass is 10.2. The van der Waals surface area contributed by atoms with Crippen LogP contribution in [0.5, 0.6) is 0 Å². The zero-order valence-corrected chi connectivity index (χ0v) is 9.87. The molecule has 2 rings (SSSR count). The van der Waals surface area contributed by atoms with Crippen LogP contribution in [0.3, 0.4) is 0 Å². The topological polar surface area (TPSA) is 41.9 Å². The fourth-order valence-electron chi connectivity index (χ4n) is 1.59. The highest BCUT2D eigenvalue weighted by molar-refractivity contribution is 6.34. The summed E-state index contributed by atoms with van der Waals surface area (Å²) in [6.45, 7) is 0.244. The summed E-state index contributed by atoms with van der Waals surface area (Å²) in [5.41, 5.74) is 0.544. The molecule has 0 aliphatic carbocycles. The second-order valence-corrected chi connectivity index (χ2v) is 3.96. The number of hydrazone groups is 1. The number of benzene rings is 1. The van der Waals surface area contributed by atoms with Crippen molar-refractivity contribution in [1.82, 2.24) is 0 Å². The van der Waals surface area contributed by atoms with E-state index < -0.39 is 5.82 Å². The number of amides is 1. The smallest absolute Gasteiger partial charge is 0.253 e. The van der Waals surface area contributed by atoms with Gasteiger partial charge in [0.25, 0.3) is 5.91 Å². The molecule has 1 aromatic rings. The van der Waals surface area contributed by atoms with E-state index in [-0.39, 0.29) is 29.6 Å². The van der Waals surface area contributed by atoms with Crippen molar-refractivity contribution >= 4 is 28.9 Å². The number of nitrogens with zero attached hydrogens (tertiary/aromatic N) is 2. The van der Waals surface area contributed by atoms with Crippen LogP contribution in [0.1, 0.15) is 6.42 Å². The van der Waals surface area contributed by atoms with Crippen molar-refractivity contribution in [2.45, 2.75) is 6.42 Å². The number of rotatable bonds is 3. The van der Waals surface area contributed by atoms with E-state index in [9.17, 15) is 9.18 Å². The number of carbonyl (C=O) groups excluding carboxylic acids is 1. The van der Waals surface area contributed by atoms with Gasteiger partial charge in [-0.05, 0) is 12.1 Å². The molecule has 0 N–H and O–H groups in total. The molecular weight excluding hydrogens is 247 g/mol. The second-order valence-electron chi connectivity index (χ2n) is 3.55. The minimum Gasteiger partial charge on any atom is -0.379 e. The SMILES string of the molecule is COCC1=NN(c2c(F)cccc2Cl)C(=O)C1. The number of carbonyl (C=O) groups is 1. The molecular formula is C11H10ClFN2O2. The summed E-state index contributed by atoms with van der Waals surface area (Å²) in [7, 11) is 1.51. The van der Waals surface area contributed by atoms with E-state index in [1.807, 2.05) is 0 Å². The molecule has 0 radical (unpaired) electrons. The van der Waals surface area contributed by atoms with Crippen LogP contribution in [0.4, 0.5) is 10.1 Å². The van der Waals surface area contributed by atoms with Gasteiger partial charge in [-0.3, -0.25) is 4.79 Å². The first-order chi connectivity index (χ1) is 8.13. The molecule has 0 atom stereocenters. The van der Waals surface area contributed by atoms with Crippen molar-refractivity contribution in [1.29, 1.82) is 0 Å². The lowest BCUT2D eigenvalue weighted by Crippen LogP contribution is -2.21. The van der Waals surface area contributed by atoms with Gasteiger partial charge in [0.2, 0.25) is 0 Å². The normalized spacial score (nSPS) is 15.4. The Morgan fingerprint density at radius 1 is 1.59 bits per heavy atom. The first-order valence-electron chi connectivity index (χ1n) is 4.95. The highest BCUT2D eigenvalue weighted by atomic mass is 35.5. The Balaban J connectivity index is 2.37. The van der Waals surface area contributed by atoms with Crippen molar-refractivity contribution in [3.05, 3.63) is 29.0 Å². The Morgan fingerprint density at radius 3 is 3.00 bits per heavy atom. The summed E-state index contributed by atoms with van der Waals surface area (Å²) in [6.07, 6.45) is 0.124. The summed E-state index contributed by atoms with van der Waals surface area (Å²) >= 11 is 5.87. The molecule has 6 heteroatoms. The lowest BCUT2D eigenvalue weighted by molar-refractivity contribution is -0.117. The molecule has 1 aliphatic heterocycles. The molecule has 1 amide bonds. The molecule has 0 unspecified atom stereocenters. The summed E-state index contributed by atoms with van der Waals surface area (Å²) < 4.78 is 18.5. The molecule has 0 bridgehead atoms. The van der Waals surface area contributed by atoms with E-state index in [1.54, 1.807) is 0 Å². The van der Waals surface area contributed by atoms with E-state index in [0.29, 0.717) is 5.71 Å². The molecule has 4 nitrogen and oxygen atoms in total. The Kier molecular flexibility index (Phi) is 3.40. The molecule has 0 spiro atoms. The third-order valence-corrected chi connectivity index (χ3v) is 2.60. The van der Waals surface area contributed by atoms with Crippen LogP contribution in [-0.2, 0) is 9.53 Å². The monoisotopic (exact) mass is 256 g/mol. The first kappa shape index (κ1) is 12.0. The van der Waals surface area contributed by atoms with Gasteiger partial charge in [0, 0.05) is 7.11 Å². The van der Waals surface area contributed by atoms with Crippen LogP contribution in [0.25, 0.3) is 0 Å². The number of para-hydroxylation sites is 1. The molecule has 1 aromatic carbocycles. The van der Waals surface area contributed by atoms with Crippen molar-refractivity contribution in [2.24, 2.45) is 5.10 Å². The highest BCUT2D eigenvalue weighted by Gasteiger charge is 2.28. The van der Waals surface area contributed by atoms with Crippen LogP contribution >= 0.6 is 11.6 Å². The van der Waals surface area contributed by atoms with E-state index in [2.05, 4.69) is 5.10 Å². The van der Waals surface area contributed by atoms with Gasteiger partial charge in [0.15, 0.2) is 5.82 Å². The van der Waals surface area contributed by atoms with Gasteiger partial charge in [-0.25, -0.2) is 4.39 Å². The molecule has 90 valence electrons. The van der Waals surface area contributed by atoms with E-state index in [1.165, 1.54) is 25.3 Å².